The number of nitrogens with one attached hydrogen (secondary N) is 2. The number of hydrogen-bond acceptors (Lipinski definition) is 5. The molecule has 1 atom stereocenters. The van der Waals surface area contributed by atoms with Crippen molar-refractivity contribution < 1.29 is 9.53 Å². The Bertz CT molecular complexity index is 826. The van der Waals surface area contributed by atoms with Gasteiger partial charge in [0.1, 0.15) is 5.75 Å². The van der Waals surface area contributed by atoms with Crippen LogP contribution in [0.2, 0.25) is 0 Å². The molecule has 1 aromatic carbocycles. The summed E-state index contributed by atoms with van der Waals surface area (Å²) in [5.74, 6) is 0.774. The number of anilines is 1. The third kappa shape index (κ3) is 4.26. The van der Waals surface area contributed by atoms with Crippen LogP contribution in [0.3, 0.4) is 0 Å². The molecule has 1 unspecified atom stereocenters. The minimum atomic E-state index is 0.0186. The first-order valence-electron chi connectivity index (χ1n) is 10.7. The number of rotatable bonds is 8. The first kappa shape index (κ1) is 19.8. The highest BCUT2D eigenvalue weighted by atomic mass is 16.5. The molecular formula is C23H32N4O2. The summed E-state index contributed by atoms with van der Waals surface area (Å²) >= 11 is 0. The highest BCUT2D eigenvalue weighted by Gasteiger charge is 2.31. The van der Waals surface area contributed by atoms with Gasteiger partial charge in [-0.05, 0) is 57.6 Å². The first-order valence-corrected chi connectivity index (χ1v) is 10.7. The highest BCUT2D eigenvalue weighted by molar-refractivity contribution is 6.09. The van der Waals surface area contributed by atoms with Crippen LogP contribution in [-0.2, 0) is 11.2 Å². The summed E-state index contributed by atoms with van der Waals surface area (Å²) in [6.07, 6.45) is 9.79. The van der Waals surface area contributed by atoms with E-state index in [0.717, 1.165) is 53.8 Å². The summed E-state index contributed by atoms with van der Waals surface area (Å²) < 4.78 is 6.20. The first-order chi connectivity index (χ1) is 14.0. The number of fused-ring (bicyclic) bond motifs is 1. The Kier molecular flexibility index (Phi) is 5.52. The zero-order chi connectivity index (χ0) is 20.5. The van der Waals surface area contributed by atoms with E-state index in [1.165, 1.54) is 19.1 Å². The van der Waals surface area contributed by atoms with Crippen LogP contribution in [0.4, 0.5) is 5.69 Å². The van der Waals surface area contributed by atoms with E-state index in [1.807, 2.05) is 24.2 Å². The predicted molar refractivity (Wildman–Crippen MR) is 117 cm³/mol. The zero-order valence-electron chi connectivity index (χ0n) is 17.7. The Hall–Kier alpha value is -2.50. The summed E-state index contributed by atoms with van der Waals surface area (Å²) in [4.78, 5) is 16.7. The van der Waals surface area contributed by atoms with Crippen LogP contribution in [0.15, 0.2) is 18.3 Å². The number of carbonyl (C=O) groups is 1. The molecule has 2 N–H and O–H groups in total. The topological polar surface area (TPSA) is 68.7 Å². The molecule has 1 aliphatic heterocycles. The van der Waals surface area contributed by atoms with Crippen molar-refractivity contribution in [2.75, 3.05) is 25.6 Å². The maximum absolute atomic E-state index is 12.6. The van der Waals surface area contributed by atoms with E-state index in [0.29, 0.717) is 18.1 Å². The predicted octanol–water partition coefficient (Wildman–Crippen LogP) is 3.20. The monoisotopic (exact) mass is 396 g/mol. The second-order valence-electron chi connectivity index (χ2n) is 8.65. The molecule has 0 radical (unpaired) electrons. The van der Waals surface area contributed by atoms with E-state index in [9.17, 15) is 4.79 Å². The van der Waals surface area contributed by atoms with Crippen molar-refractivity contribution in [1.29, 1.82) is 5.41 Å². The van der Waals surface area contributed by atoms with E-state index in [1.54, 1.807) is 0 Å². The number of carbonyl (C=O) groups excluding carboxylic acids is 1. The van der Waals surface area contributed by atoms with Gasteiger partial charge < -0.3 is 25.3 Å². The van der Waals surface area contributed by atoms with E-state index in [4.69, 9.17) is 10.1 Å². The highest BCUT2D eigenvalue weighted by Crippen LogP contribution is 2.40. The van der Waals surface area contributed by atoms with Gasteiger partial charge in [-0.3, -0.25) is 4.79 Å². The second-order valence-corrected chi connectivity index (χ2v) is 8.65. The Morgan fingerprint density at radius 1 is 1.31 bits per heavy atom. The Labute approximate surface area is 173 Å². The van der Waals surface area contributed by atoms with E-state index >= 15 is 0 Å². The van der Waals surface area contributed by atoms with Gasteiger partial charge in [-0.2, -0.15) is 0 Å². The number of hydrogen-bond donors (Lipinski definition) is 2. The lowest BCUT2D eigenvalue weighted by Crippen LogP contribution is -2.35. The molecule has 0 saturated heterocycles. The number of benzene rings is 1. The molecule has 1 heterocycles. The maximum atomic E-state index is 12.6. The van der Waals surface area contributed by atoms with Crippen LogP contribution < -0.4 is 15.0 Å². The molecule has 3 aliphatic rings. The number of allylic oxidation sites excluding steroid dienone is 1. The van der Waals surface area contributed by atoms with Crippen molar-refractivity contribution in [3.05, 3.63) is 29.5 Å². The molecule has 4 rings (SSSR count). The SMILES string of the molecule is CC1CCc2c(ccc(/C(C=N)=C/NC3CC3)c2OCC(=O)N(C)C2CC2)N1C. The summed E-state index contributed by atoms with van der Waals surface area (Å²) in [5, 5.41) is 11.3. The van der Waals surface area contributed by atoms with Gasteiger partial charge in [0.25, 0.3) is 5.91 Å². The third-order valence-electron chi connectivity index (χ3n) is 6.44. The van der Waals surface area contributed by atoms with Gasteiger partial charge in [-0.25, -0.2) is 0 Å². The van der Waals surface area contributed by atoms with Gasteiger partial charge >= 0.3 is 0 Å². The van der Waals surface area contributed by atoms with Crippen LogP contribution in [0.5, 0.6) is 5.75 Å². The summed E-state index contributed by atoms with van der Waals surface area (Å²) in [5.41, 5.74) is 3.98. The number of amides is 1. The van der Waals surface area contributed by atoms with Crippen molar-refractivity contribution in [1.82, 2.24) is 10.2 Å². The lowest BCUT2D eigenvalue weighted by atomic mass is 9.92. The lowest BCUT2D eigenvalue weighted by molar-refractivity contribution is -0.132. The van der Waals surface area contributed by atoms with Crippen LogP contribution in [0.25, 0.3) is 5.57 Å². The molecule has 0 bridgehead atoms. The van der Waals surface area contributed by atoms with Gasteiger partial charge in [0.15, 0.2) is 6.61 Å². The molecule has 1 aromatic rings. The third-order valence-corrected chi connectivity index (χ3v) is 6.44. The fourth-order valence-corrected chi connectivity index (χ4v) is 3.92. The van der Waals surface area contributed by atoms with Gasteiger partial charge in [-0.15, -0.1) is 0 Å². The van der Waals surface area contributed by atoms with E-state index < -0.39 is 0 Å². The number of ether oxygens (including phenoxy) is 1. The Morgan fingerprint density at radius 2 is 2.07 bits per heavy atom. The molecule has 2 saturated carbocycles. The largest absolute Gasteiger partial charge is 0.483 e. The van der Waals surface area contributed by atoms with Gasteiger partial charge in [0, 0.05) is 67.0 Å². The van der Waals surface area contributed by atoms with Gasteiger partial charge in [0.2, 0.25) is 0 Å². The summed E-state index contributed by atoms with van der Waals surface area (Å²) in [6.45, 7) is 2.27. The molecule has 1 amide bonds. The minimum absolute atomic E-state index is 0.0186. The quantitative estimate of drug-likeness (QED) is 0.662. The molecular weight excluding hydrogens is 364 g/mol. The fourth-order valence-electron chi connectivity index (χ4n) is 3.92. The summed E-state index contributed by atoms with van der Waals surface area (Å²) in [7, 11) is 3.98. The Morgan fingerprint density at radius 3 is 2.72 bits per heavy atom. The fraction of sp³-hybridized carbons (Fsp3) is 0.565. The molecule has 2 fully saturated rings. The van der Waals surface area contributed by atoms with Crippen molar-refractivity contribution in [2.45, 2.75) is 63.6 Å². The maximum Gasteiger partial charge on any atom is 0.260 e. The van der Waals surface area contributed by atoms with Crippen LogP contribution in [0.1, 0.15) is 50.2 Å². The zero-order valence-corrected chi connectivity index (χ0v) is 17.7. The minimum Gasteiger partial charge on any atom is -0.483 e. The standard InChI is InChI=1S/C23H32N4O2/c1-15-4-9-20-21(26(15)2)11-10-19(16(12-24)13-25-17-5-6-17)23(20)29-14-22(28)27(3)18-7-8-18/h10-13,15,17-18,24-25H,4-9,14H2,1-3H3/b16-13+,24-12?. The number of likely N-dealkylation sites (N-methyl/N-ethyl adjacent to an activating group) is 1. The molecule has 6 nitrogen and oxygen atoms in total. The van der Waals surface area contributed by atoms with Gasteiger partial charge in [-0.1, -0.05) is 0 Å². The van der Waals surface area contributed by atoms with Crippen molar-refractivity contribution in [3.8, 4) is 5.75 Å². The second kappa shape index (κ2) is 8.09. The van der Waals surface area contributed by atoms with Crippen LogP contribution >= 0.6 is 0 Å². The Balaban J connectivity index is 1.65. The van der Waals surface area contributed by atoms with E-state index in [2.05, 4.69) is 30.3 Å². The lowest BCUT2D eigenvalue weighted by Gasteiger charge is -2.35. The van der Waals surface area contributed by atoms with Crippen LogP contribution in [0, 0.1) is 5.41 Å². The smallest absolute Gasteiger partial charge is 0.260 e. The van der Waals surface area contributed by atoms with Crippen molar-refractivity contribution in [2.24, 2.45) is 0 Å². The molecule has 29 heavy (non-hydrogen) atoms. The van der Waals surface area contributed by atoms with Crippen LogP contribution in [-0.4, -0.2) is 55.8 Å². The molecule has 0 aromatic heterocycles. The number of nitrogens with zero attached hydrogens (tertiary/aromatic N) is 2. The normalized spacial score (nSPS) is 21.4. The molecule has 6 heteroatoms. The molecule has 2 aliphatic carbocycles. The van der Waals surface area contributed by atoms with Crippen molar-refractivity contribution in [3.63, 3.8) is 0 Å². The van der Waals surface area contributed by atoms with Gasteiger partial charge in [0.05, 0.1) is 0 Å². The average molecular weight is 397 g/mol. The van der Waals surface area contributed by atoms with E-state index in [-0.39, 0.29) is 12.5 Å². The summed E-state index contributed by atoms with van der Waals surface area (Å²) in [6, 6.07) is 5.52. The average Bonchev–Trinajstić information content (AvgIpc) is 3.62. The molecule has 156 valence electrons. The van der Waals surface area contributed by atoms with Crippen molar-refractivity contribution >= 4 is 23.4 Å². The molecule has 0 spiro atoms.